The van der Waals surface area contributed by atoms with Crippen molar-refractivity contribution < 1.29 is 27.5 Å². The van der Waals surface area contributed by atoms with Crippen LogP contribution in [0.2, 0.25) is 0 Å². The summed E-state index contributed by atoms with van der Waals surface area (Å²) in [5.41, 5.74) is 0.552. The minimum Gasteiger partial charge on any atom is -0.465 e. The number of ether oxygens (including phenoxy) is 1. The highest BCUT2D eigenvalue weighted by Gasteiger charge is 2.33. The van der Waals surface area contributed by atoms with Gasteiger partial charge in [-0.05, 0) is 41.4 Å². The summed E-state index contributed by atoms with van der Waals surface area (Å²) >= 11 is 1.44. The third-order valence-corrected chi connectivity index (χ3v) is 6.07. The van der Waals surface area contributed by atoms with E-state index in [-0.39, 0.29) is 24.7 Å². The van der Waals surface area contributed by atoms with Crippen molar-refractivity contribution in [2.45, 2.75) is 13.1 Å². The van der Waals surface area contributed by atoms with Gasteiger partial charge in [0.1, 0.15) is 18.1 Å². The van der Waals surface area contributed by atoms with Crippen molar-refractivity contribution in [3.8, 4) is 11.1 Å². The Labute approximate surface area is 197 Å². The fraction of sp³-hybridized carbons (Fsp3) is 0.364. The summed E-state index contributed by atoms with van der Waals surface area (Å²) < 4.78 is 44.9. The first-order chi connectivity index (χ1) is 16.3. The molecule has 0 spiro atoms. The third-order valence-electron chi connectivity index (χ3n) is 5.39. The normalized spacial score (nSPS) is 14.4. The summed E-state index contributed by atoms with van der Waals surface area (Å²) in [7, 11) is 0. The first-order valence-electron chi connectivity index (χ1n) is 10.6. The zero-order valence-corrected chi connectivity index (χ0v) is 19.1. The van der Waals surface area contributed by atoms with Crippen molar-refractivity contribution in [2.75, 3.05) is 44.2 Å². The first kappa shape index (κ1) is 23.7. The van der Waals surface area contributed by atoms with E-state index in [1.807, 2.05) is 21.7 Å². The molecule has 1 fully saturated rings. The van der Waals surface area contributed by atoms with Crippen LogP contribution in [-0.4, -0.2) is 66.2 Å². The SMILES string of the molecule is CCOC(=O)CNC(=O)N1CCN(c2ncc(-c3ccsc3)c3nc(C(F)(F)F)ccc23)CC1. The van der Waals surface area contributed by atoms with E-state index in [9.17, 15) is 22.8 Å². The number of pyridine rings is 2. The summed E-state index contributed by atoms with van der Waals surface area (Å²) in [6.45, 7) is 3.27. The summed E-state index contributed by atoms with van der Waals surface area (Å²) in [5.74, 6) is 0.00313. The summed E-state index contributed by atoms with van der Waals surface area (Å²) in [4.78, 5) is 35.8. The molecular weight excluding hydrogens is 471 g/mol. The number of rotatable bonds is 5. The van der Waals surface area contributed by atoms with E-state index in [4.69, 9.17) is 4.74 Å². The molecule has 0 aliphatic carbocycles. The Bertz CT molecular complexity index is 1180. The van der Waals surface area contributed by atoms with Crippen molar-refractivity contribution in [2.24, 2.45) is 0 Å². The standard InChI is InChI=1S/C22H22F3N5O3S/c1-2-33-18(31)12-27-21(32)30-8-6-29(7-9-30)20-15-3-4-17(22(23,24)25)28-19(15)16(11-26-20)14-5-10-34-13-14/h3-5,10-11,13H,2,6-9,12H2,1H3,(H,27,32). The number of hydrogen-bond donors (Lipinski definition) is 1. The number of esters is 1. The number of hydrogen-bond acceptors (Lipinski definition) is 7. The van der Waals surface area contributed by atoms with Crippen molar-refractivity contribution >= 4 is 40.1 Å². The molecule has 2 amide bonds. The highest BCUT2D eigenvalue weighted by molar-refractivity contribution is 7.08. The Balaban J connectivity index is 1.55. The zero-order valence-electron chi connectivity index (χ0n) is 18.3. The van der Waals surface area contributed by atoms with Crippen LogP contribution < -0.4 is 10.2 Å². The van der Waals surface area contributed by atoms with E-state index < -0.39 is 17.8 Å². The molecule has 8 nitrogen and oxygen atoms in total. The second-order valence-corrected chi connectivity index (χ2v) is 8.32. The summed E-state index contributed by atoms with van der Waals surface area (Å²) in [5, 5.41) is 6.72. The van der Waals surface area contributed by atoms with Crippen LogP contribution in [0.5, 0.6) is 0 Å². The molecule has 0 radical (unpaired) electrons. The maximum absolute atomic E-state index is 13.4. The van der Waals surface area contributed by atoms with Crippen LogP contribution in [0.1, 0.15) is 12.6 Å². The Morgan fingerprint density at radius 3 is 2.59 bits per heavy atom. The Morgan fingerprint density at radius 2 is 1.94 bits per heavy atom. The van der Waals surface area contributed by atoms with Gasteiger partial charge < -0.3 is 19.9 Å². The molecule has 1 saturated heterocycles. The van der Waals surface area contributed by atoms with Crippen molar-refractivity contribution in [3.05, 3.63) is 40.8 Å². The molecule has 0 aromatic carbocycles. The molecule has 4 rings (SSSR count). The van der Waals surface area contributed by atoms with Crippen molar-refractivity contribution in [3.63, 3.8) is 0 Å². The second-order valence-electron chi connectivity index (χ2n) is 7.54. The monoisotopic (exact) mass is 493 g/mol. The minimum atomic E-state index is -4.56. The van der Waals surface area contributed by atoms with Crippen LogP contribution in [0.15, 0.2) is 35.2 Å². The highest BCUT2D eigenvalue weighted by Crippen LogP contribution is 2.36. The predicted octanol–water partition coefficient (Wildman–Crippen LogP) is 3.77. The average molecular weight is 494 g/mol. The highest BCUT2D eigenvalue weighted by atomic mass is 32.1. The van der Waals surface area contributed by atoms with Gasteiger partial charge in [-0.3, -0.25) is 4.79 Å². The van der Waals surface area contributed by atoms with Gasteiger partial charge in [-0.1, -0.05) is 0 Å². The number of halogens is 3. The number of alkyl halides is 3. The van der Waals surface area contributed by atoms with E-state index >= 15 is 0 Å². The maximum atomic E-state index is 13.4. The van der Waals surface area contributed by atoms with Gasteiger partial charge in [0.25, 0.3) is 0 Å². The Hall–Kier alpha value is -3.41. The molecule has 1 N–H and O–H groups in total. The molecule has 3 aromatic rings. The zero-order chi connectivity index (χ0) is 24.3. The fourth-order valence-corrected chi connectivity index (χ4v) is 4.39. The second kappa shape index (κ2) is 9.84. The molecule has 1 aliphatic heterocycles. The average Bonchev–Trinajstić information content (AvgIpc) is 3.36. The number of fused-ring (bicyclic) bond motifs is 1. The maximum Gasteiger partial charge on any atom is 0.433 e. The Morgan fingerprint density at radius 1 is 1.18 bits per heavy atom. The molecule has 0 atom stereocenters. The summed E-state index contributed by atoms with van der Waals surface area (Å²) in [6, 6.07) is 3.80. The van der Waals surface area contributed by atoms with Gasteiger partial charge in [0.15, 0.2) is 0 Å². The van der Waals surface area contributed by atoms with Gasteiger partial charge in [0.2, 0.25) is 0 Å². The lowest BCUT2D eigenvalue weighted by atomic mass is 10.1. The van der Waals surface area contributed by atoms with Crippen LogP contribution in [0.4, 0.5) is 23.8 Å². The Kier molecular flexibility index (Phi) is 6.87. The first-order valence-corrected chi connectivity index (χ1v) is 11.5. The lowest BCUT2D eigenvalue weighted by Gasteiger charge is -2.35. The number of aromatic nitrogens is 2. The summed E-state index contributed by atoms with van der Waals surface area (Å²) in [6.07, 6.45) is -3.02. The van der Waals surface area contributed by atoms with Gasteiger partial charge >= 0.3 is 18.2 Å². The number of carbonyl (C=O) groups excluding carboxylic acids is 2. The van der Waals surface area contributed by atoms with E-state index in [0.717, 1.165) is 11.6 Å². The lowest BCUT2D eigenvalue weighted by Crippen LogP contribution is -2.52. The smallest absolute Gasteiger partial charge is 0.433 e. The lowest BCUT2D eigenvalue weighted by molar-refractivity contribution is -0.142. The number of carbonyl (C=O) groups is 2. The van der Waals surface area contributed by atoms with Gasteiger partial charge in [-0.15, -0.1) is 0 Å². The molecule has 0 bridgehead atoms. The number of thiophene rings is 1. The number of anilines is 1. The van der Waals surface area contributed by atoms with Crippen LogP contribution >= 0.6 is 11.3 Å². The molecule has 12 heteroatoms. The van der Waals surface area contributed by atoms with Gasteiger partial charge in [-0.2, -0.15) is 24.5 Å². The van der Waals surface area contributed by atoms with Crippen molar-refractivity contribution in [1.29, 1.82) is 0 Å². The quantitative estimate of drug-likeness (QED) is 0.545. The molecule has 180 valence electrons. The molecule has 0 saturated carbocycles. The molecule has 3 aromatic heterocycles. The van der Waals surface area contributed by atoms with Crippen LogP contribution in [0.25, 0.3) is 22.0 Å². The van der Waals surface area contributed by atoms with E-state index in [0.29, 0.717) is 42.9 Å². The van der Waals surface area contributed by atoms with Crippen LogP contribution in [-0.2, 0) is 15.7 Å². The van der Waals surface area contributed by atoms with Crippen LogP contribution in [0.3, 0.4) is 0 Å². The number of urea groups is 1. The number of piperazine rings is 1. The largest absolute Gasteiger partial charge is 0.465 e. The molecule has 34 heavy (non-hydrogen) atoms. The number of nitrogens with zero attached hydrogens (tertiary/aromatic N) is 4. The van der Waals surface area contributed by atoms with Gasteiger partial charge in [-0.25, -0.2) is 14.8 Å². The van der Waals surface area contributed by atoms with Crippen molar-refractivity contribution in [1.82, 2.24) is 20.2 Å². The van der Waals surface area contributed by atoms with Gasteiger partial charge in [0, 0.05) is 43.3 Å². The molecule has 0 unspecified atom stereocenters. The molecule has 1 aliphatic rings. The molecule has 4 heterocycles. The van der Waals surface area contributed by atoms with Gasteiger partial charge in [0.05, 0.1) is 12.1 Å². The predicted molar refractivity (Wildman–Crippen MR) is 122 cm³/mol. The van der Waals surface area contributed by atoms with E-state index in [2.05, 4.69) is 15.3 Å². The third kappa shape index (κ3) is 5.06. The number of nitrogens with one attached hydrogen (secondary N) is 1. The fourth-order valence-electron chi connectivity index (χ4n) is 3.73. The van der Waals surface area contributed by atoms with Crippen LogP contribution in [0, 0.1) is 0 Å². The van der Waals surface area contributed by atoms with E-state index in [1.165, 1.54) is 17.4 Å². The number of amides is 2. The van der Waals surface area contributed by atoms with E-state index in [1.54, 1.807) is 18.0 Å². The minimum absolute atomic E-state index is 0.212. The molecular formula is C22H22F3N5O3S. The topological polar surface area (TPSA) is 87.7 Å².